The van der Waals surface area contributed by atoms with Gasteiger partial charge in [0.1, 0.15) is 5.76 Å². The molecule has 8 nitrogen and oxygen atoms in total. The fourth-order valence-electron chi connectivity index (χ4n) is 8.85. The third-order valence-corrected chi connectivity index (χ3v) is 13.0. The number of carbonyl (C=O) groups excluding carboxylic acids is 3. The van der Waals surface area contributed by atoms with Gasteiger partial charge in [-0.05, 0) is 98.4 Å². The molecule has 3 N–H and O–H groups in total. The first kappa shape index (κ1) is 52.3. The number of nitrogens with zero attached hydrogens (tertiary/aromatic N) is 2. The van der Waals surface area contributed by atoms with Crippen molar-refractivity contribution in [2.75, 3.05) is 23.3 Å². The van der Waals surface area contributed by atoms with Gasteiger partial charge >= 0.3 is 12.1 Å². The zero-order valence-electron chi connectivity index (χ0n) is 40.8. The number of nitrogens with one attached hydrogen (secondary N) is 2. The average Bonchev–Trinajstić information content (AvgIpc) is 3.31. The molecule has 3 aromatic rings. The number of aliphatic hydroxyl groups is 1. The lowest BCUT2D eigenvalue weighted by Crippen LogP contribution is -2.38. The molecule has 0 aromatic heterocycles. The summed E-state index contributed by atoms with van der Waals surface area (Å²) in [5.41, 5.74) is 5.51. The Labute approximate surface area is 396 Å². The summed E-state index contributed by atoms with van der Waals surface area (Å²) < 4.78 is 43.9. The van der Waals surface area contributed by atoms with Crippen molar-refractivity contribution in [1.82, 2.24) is 5.32 Å². The molecule has 2 aliphatic carbocycles. The number of unbranched alkanes of at least 4 members (excludes halogenated alkanes) is 4. The Morgan fingerprint density at radius 2 is 1.28 bits per heavy atom. The molecule has 0 radical (unpaired) electrons. The number of aryl methyl sites for hydroxylation is 2. The minimum Gasteiger partial charge on any atom is -0.506 e. The van der Waals surface area contributed by atoms with Crippen LogP contribution in [-0.2, 0) is 27.2 Å². The fourth-order valence-corrected chi connectivity index (χ4v) is 8.85. The van der Waals surface area contributed by atoms with E-state index in [1.165, 1.54) is 30.2 Å². The van der Waals surface area contributed by atoms with Crippen molar-refractivity contribution in [3.8, 4) is 0 Å². The van der Waals surface area contributed by atoms with Gasteiger partial charge in [0.05, 0.1) is 22.5 Å². The van der Waals surface area contributed by atoms with E-state index in [-0.39, 0.29) is 39.8 Å². The van der Waals surface area contributed by atoms with E-state index in [1.54, 1.807) is 18.2 Å². The summed E-state index contributed by atoms with van der Waals surface area (Å²) in [6, 6.07) is 22.1. The summed E-state index contributed by atoms with van der Waals surface area (Å²) in [6.45, 7) is 15.6. The first-order chi connectivity index (χ1) is 32.2. The first-order valence-electron chi connectivity index (χ1n) is 24.7. The lowest BCUT2D eigenvalue weighted by atomic mass is 9.78. The van der Waals surface area contributed by atoms with Crippen LogP contribution in [0.4, 0.5) is 35.9 Å². The smallest absolute Gasteiger partial charge is 0.471 e. The highest BCUT2D eigenvalue weighted by Gasteiger charge is 2.43. The van der Waals surface area contributed by atoms with E-state index >= 15 is 0 Å². The molecule has 67 heavy (non-hydrogen) atoms. The molecule has 3 aromatic carbocycles. The molecule has 2 unspecified atom stereocenters. The second kappa shape index (κ2) is 24.9. The number of anilines is 3. The van der Waals surface area contributed by atoms with E-state index in [0.29, 0.717) is 23.9 Å². The Kier molecular flexibility index (Phi) is 19.4. The van der Waals surface area contributed by atoms with E-state index in [9.17, 15) is 32.7 Å². The van der Waals surface area contributed by atoms with Crippen LogP contribution in [0.2, 0.25) is 0 Å². The number of benzene rings is 3. The molecule has 0 heterocycles. The van der Waals surface area contributed by atoms with Gasteiger partial charge in [-0.1, -0.05) is 111 Å². The SMILES string of the molecule is CCCCc1ccc(N(CC(CC)CCCC)c2ccc(C3=C(O)C(=C4C=CC(=[N+](CC(CC)CCCC)c5ccc(CCCC)cc5)C=C4NC(=O)C(F)(F)F)C3=O)c(NC(C)=O)c2)cc1. The van der Waals surface area contributed by atoms with Crippen molar-refractivity contribution in [2.45, 2.75) is 145 Å². The van der Waals surface area contributed by atoms with E-state index in [2.05, 4.69) is 88.2 Å². The molecule has 360 valence electrons. The zero-order chi connectivity index (χ0) is 48.7. The zero-order valence-corrected chi connectivity index (χ0v) is 40.8. The highest BCUT2D eigenvalue weighted by molar-refractivity contribution is 6.40. The van der Waals surface area contributed by atoms with Gasteiger partial charge in [0.25, 0.3) is 0 Å². The first-order valence-corrected chi connectivity index (χ1v) is 24.7. The molecule has 0 spiro atoms. The number of aliphatic hydroxyl groups excluding tert-OH is 1. The van der Waals surface area contributed by atoms with Gasteiger partial charge in [0, 0.05) is 66.2 Å². The van der Waals surface area contributed by atoms with Crippen LogP contribution in [0.25, 0.3) is 5.57 Å². The van der Waals surface area contributed by atoms with E-state index in [4.69, 9.17) is 0 Å². The molecule has 11 heteroatoms. The number of hydrogen-bond acceptors (Lipinski definition) is 5. The van der Waals surface area contributed by atoms with Gasteiger partial charge in [-0.25, -0.2) is 0 Å². The van der Waals surface area contributed by atoms with Crippen molar-refractivity contribution in [2.24, 2.45) is 11.8 Å². The van der Waals surface area contributed by atoms with Gasteiger partial charge in [-0.15, -0.1) is 0 Å². The third kappa shape index (κ3) is 13.7. The van der Waals surface area contributed by atoms with Crippen molar-refractivity contribution in [3.05, 3.63) is 124 Å². The van der Waals surface area contributed by atoms with Gasteiger partial charge in [-0.3, -0.25) is 14.4 Å². The van der Waals surface area contributed by atoms with Crippen molar-refractivity contribution >= 4 is 51.6 Å². The maximum atomic E-state index is 14.4. The monoisotopic (exact) mass is 922 g/mol. The summed E-state index contributed by atoms with van der Waals surface area (Å²) in [4.78, 5) is 42.0. The molecule has 5 rings (SSSR count). The molecule has 2 amide bonds. The van der Waals surface area contributed by atoms with Crippen LogP contribution >= 0.6 is 0 Å². The predicted octanol–water partition coefficient (Wildman–Crippen LogP) is 14.0. The minimum atomic E-state index is -5.22. The molecule has 2 atom stereocenters. The van der Waals surface area contributed by atoms with Crippen molar-refractivity contribution in [3.63, 3.8) is 0 Å². The van der Waals surface area contributed by atoms with Gasteiger partial charge in [-0.2, -0.15) is 17.7 Å². The molecule has 0 aliphatic heterocycles. The second-order valence-corrected chi connectivity index (χ2v) is 18.1. The summed E-state index contributed by atoms with van der Waals surface area (Å²) in [5, 5.41) is 16.7. The third-order valence-electron chi connectivity index (χ3n) is 13.0. The van der Waals surface area contributed by atoms with E-state index in [0.717, 1.165) is 113 Å². The Morgan fingerprint density at radius 3 is 1.82 bits per heavy atom. The number of rotatable bonds is 24. The van der Waals surface area contributed by atoms with E-state index < -0.39 is 23.6 Å². The maximum Gasteiger partial charge on any atom is 0.471 e. The topological polar surface area (TPSA) is 102 Å². The van der Waals surface area contributed by atoms with Gasteiger partial charge in [0.2, 0.25) is 23.1 Å². The largest absolute Gasteiger partial charge is 0.506 e. The highest BCUT2D eigenvalue weighted by Crippen LogP contribution is 2.44. The Balaban J connectivity index is 1.63. The Morgan fingerprint density at radius 1 is 0.716 bits per heavy atom. The molecular weight excluding hydrogens is 850 g/mol. The lowest BCUT2D eigenvalue weighted by Gasteiger charge is -2.31. The molecule has 0 fully saturated rings. The van der Waals surface area contributed by atoms with Crippen molar-refractivity contribution in [1.29, 1.82) is 0 Å². The number of Topliss-reactive ketones (excluding diaryl/α,β-unsaturated/α-hetero) is 1. The standard InChI is InChI=1S/C56H71F3N4O4/c1-8-14-18-39(12-5)36-62(43-26-22-41(23-27-43)20-16-10-3)45-30-32-47(49(34-45)60-38(7)64)51-53(65)52(54(51)66)48-33-31-46(35-50(48)61-55(67)56(57,58)59)63(37-40(13-6)19-15-9-2)44-28-24-42(25-29-44)21-17-11-4/h22-35,39-40H,8-21,36-37H2,1-7H3,(H2,60,61,64,65,66,67)/p+1. The van der Waals surface area contributed by atoms with Crippen LogP contribution in [0.15, 0.2) is 108 Å². The lowest BCUT2D eigenvalue weighted by molar-refractivity contribution is -0.448. The van der Waals surface area contributed by atoms with Crippen LogP contribution in [0.5, 0.6) is 0 Å². The Bertz CT molecular complexity index is 2360. The fraction of sp³-hybridized carbons (Fsp3) is 0.464. The van der Waals surface area contributed by atoms with Crippen molar-refractivity contribution < 1.29 is 37.2 Å². The number of alkyl halides is 3. The van der Waals surface area contributed by atoms with Crippen LogP contribution in [0, 0.1) is 11.8 Å². The number of amides is 2. The molecule has 0 bridgehead atoms. The summed E-state index contributed by atoms with van der Waals surface area (Å²) in [5.74, 6) is -3.02. The number of allylic oxidation sites excluding steroid dienone is 5. The molecule has 0 saturated heterocycles. The number of halogens is 3. The Hall–Kier alpha value is -5.71. The molecular formula is C56H72F3N4O4+. The van der Waals surface area contributed by atoms with Crippen LogP contribution in [-0.4, -0.2) is 52.3 Å². The maximum absolute atomic E-state index is 14.4. The summed E-state index contributed by atoms with van der Waals surface area (Å²) in [7, 11) is 0. The predicted molar refractivity (Wildman–Crippen MR) is 267 cm³/mol. The number of hydrogen-bond donors (Lipinski definition) is 3. The van der Waals surface area contributed by atoms with Gasteiger partial charge in [0.15, 0.2) is 6.54 Å². The number of carbonyl (C=O) groups is 3. The van der Waals surface area contributed by atoms with E-state index in [1.807, 2.05) is 28.1 Å². The van der Waals surface area contributed by atoms with Crippen LogP contribution < -0.4 is 15.5 Å². The van der Waals surface area contributed by atoms with Crippen LogP contribution in [0.1, 0.15) is 142 Å². The highest BCUT2D eigenvalue weighted by atomic mass is 19.4. The average molecular weight is 922 g/mol. The summed E-state index contributed by atoms with van der Waals surface area (Å²) >= 11 is 0. The van der Waals surface area contributed by atoms with Gasteiger partial charge < -0.3 is 20.6 Å². The second-order valence-electron chi connectivity index (χ2n) is 18.1. The van der Waals surface area contributed by atoms with Crippen LogP contribution in [0.3, 0.4) is 0 Å². The molecule has 0 saturated carbocycles. The minimum absolute atomic E-state index is 0.0515. The quantitative estimate of drug-likeness (QED) is 0.0614. The summed E-state index contributed by atoms with van der Waals surface area (Å²) in [6.07, 6.45) is 13.8. The molecule has 2 aliphatic rings. The number of ketones is 1. The normalized spacial score (nSPS) is 16.6.